The van der Waals surface area contributed by atoms with Crippen molar-refractivity contribution in [2.24, 2.45) is 0 Å². The summed E-state index contributed by atoms with van der Waals surface area (Å²) in [4.78, 5) is 4.00. The minimum Gasteiger partial charge on any atom is -0.251 e. The molecule has 22 heavy (non-hydrogen) atoms. The molecular weight excluding hydrogens is 277 g/mol. The predicted molar refractivity (Wildman–Crippen MR) is 93.5 cm³/mol. The molecule has 0 saturated carbocycles. The monoisotopic (exact) mass is 307 g/mol. The van der Waals surface area contributed by atoms with Gasteiger partial charge in [0.25, 0.3) is 0 Å². The topological polar surface area (TPSA) is 38.7 Å². The van der Waals surface area contributed by atoms with E-state index in [-0.39, 0.29) is 5.82 Å². The molecule has 0 amide bonds. The van der Waals surface area contributed by atoms with E-state index in [1.807, 2.05) is 62.3 Å². The normalized spacial score (nSPS) is 8.45. The highest BCUT2D eigenvalue weighted by Crippen LogP contribution is 2.21. The van der Waals surface area contributed by atoms with E-state index in [0.29, 0.717) is 11.4 Å². The molecular formula is C18H30FN3. The van der Waals surface area contributed by atoms with E-state index in [1.54, 1.807) is 6.07 Å². The number of aryl methyl sites for hydroxylation is 1. The fraction of sp³-hybridized carbons (Fsp3) is 0.500. The third-order valence-electron chi connectivity index (χ3n) is 2.73. The third kappa shape index (κ3) is 6.29. The predicted octanol–water partition coefficient (Wildman–Crippen LogP) is 5.68. The van der Waals surface area contributed by atoms with Gasteiger partial charge in [-0.1, -0.05) is 41.5 Å². The molecule has 0 aromatic carbocycles. The molecule has 0 atom stereocenters. The first kappa shape index (κ1) is 22.4. The third-order valence-corrected chi connectivity index (χ3v) is 2.73. The second-order valence-electron chi connectivity index (χ2n) is 3.75. The maximum atomic E-state index is 12.7. The van der Waals surface area contributed by atoms with Crippen molar-refractivity contribution >= 4 is 0 Å². The Labute approximate surface area is 135 Å². The second kappa shape index (κ2) is 12.9. The number of hydrogen-bond acceptors (Lipinski definition) is 3. The molecule has 2 rings (SSSR count). The van der Waals surface area contributed by atoms with Crippen molar-refractivity contribution in [2.75, 3.05) is 0 Å². The van der Waals surface area contributed by atoms with Crippen LogP contribution in [0.3, 0.4) is 0 Å². The van der Waals surface area contributed by atoms with Gasteiger partial charge in [-0.3, -0.25) is 4.98 Å². The zero-order valence-corrected chi connectivity index (χ0v) is 15.5. The Morgan fingerprint density at radius 3 is 1.77 bits per heavy atom. The van der Waals surface area contributed by atoms with Crippen LogP contribution in [0.15, 0.2) is 18.3 Å². The largest absolute Gasteiger partial charge is 0.251 e. The van der Waals surface area contributed by atoms with Crippen LogP contribution >= 0.6 is 0 Å². The van der Waals surface area contributed by atoms with Crippen molar-refractivity contribution in [1.82, 2.24) is 15.2 Å². The molecule has 0 radical (unpaired) electrons. The number of hydrogen-bond donors (Lipinski definition) is 0. The molecule has 0 aliphatic heterocycles. The standard InChI is InChI=1S/C12H12FN3.3C2H6/c1-7-8(2)12(16-15-9(7)3)11-5-4-10(13)6-14-11;3*1-2/h4-6H,1-3H3;3*1-2H3. The highest BCUT2D eigenvalue weighted by atomic mass is 19.1. The average molecular weight is 307 g/mol. The van der Waals surface area contributed by atoms with Gasteiger partial charge in [-0.15, -0.1) is 5.10 Å². The maximum Gasteiger partial charge on any atom is 0.141 e. The first-order valence-electron chi connectivity index (χ1n) is 8.02. The Morgan fingerprint density at radius 2 is 1.32 bits per heavy atom. The Balaban J connectivity index is 0. The molecule has 0 fully saturated rings. The van der Waals surface area contributed by atoms with Gasteiger partial charge >= 0.3 is 0 Å². The highest BCUT2D eigenvalue weighted by molar-refractivity contribution is 5.59. The molecule has 0 spiro atoms. The van der Waals surface area contributed by atoms with E-state index < -0.39 is 0 Å². The molecule has 3 nitrogen and oxygen atoms in total. The van der Waals surface area contributed by atoms with Gasteiger partial charge in [-0.25, -0.2) is 4.39 Å². The Kier molecular flexibility index (Phi) is 13.1. The lowest BCUT2D eigenvalue weighted by Crippen LogP contribution is -2.00. The molecule has 2 heterocycles. The molecule has 2 aromatic rings. The van der Waals surface area contributed by atoms with Gasteiger partial charge in [0.1, 0.15) is 11.5 Å². The summed E-state index contributed by atoms with van der Waals surface area (Å²) >= 11 is 0. The lowest BCUT2D eigenvalue weighted by molar-refractivity contribution is 0.621. The van der Waals surface area contributed by atoms with Crippen LogP contribution < -0.4 is 0 Å². The number of aromatic nitrogens is 3. The minimum absolute atomic E-state index is 0.349. The van der Waals surface area contributed by atoms with Crippen LogP contribution in [-0.4, -0.2) is 15.2 Å². The molecule has 0 aliphatic rings. The van der Waals surface area contributed by atoms with Gasteiger partial charge in [-0.05, 0) is 44.0 Å². The van der Waals surface area contributed by atoms with E-state index in [4.69, 9.17) is 0 Å². The van der Waals surface area contributed by atoms with E-state index in [2.05, 4.69) is 15.2 Å². The van der Waals surface area contributed by atoms with Gasteiger partial charge < -0.3 is 0 Å². The van der Waals surface area contributed by atoms with Crippen LogP contribution in [0.25, 0.3) is 11.4 Å². The molecule has 0 unspecified atom stereocenters. The van der Waals surface area contributed by atoms with Crippen LogP contribution in [0.2, 0.25) is 0 Å². The summed E-state index contributed by atoms with van der Waals surface area (Å²) in [7, 11) is 0. The summed E-state index contributed by atoms with van der Waals surface area (Å²) in [5, 5.41) is 8.16. The zero-order chi connectivity index (χ0) is 17.7. The Bertz CT molecular complexity index is 523. The smallest absolute Gasteiger partial charge is 0.141 e. The fourth-order valence-electron chi connectivity index (χ4n) is 1.48. The van der Waals surface area contributed by atoms with E-state index >= 15 is 0 Å². The van der Waals surface area contributed by atoms with Crippen LogP contribution in [0.4, 0.5) is 4.39 Å². The van der Waals surface area contributed by atoms with Gasteiger partial charge in [0.05, 0.1) is 17.6 Å². The van der Waals surface area contributed by atoms with Crippen molar-refractivity contribution in [3.8, 4) is 11.4 Å². The van der Waals surface area contributed by atoms with Crippen molar-refractivity contribution < 1.29 is 4.39 Å². The molecule has 4 heteroatoms. The van der Waals surface area contributed by atoms with Crippen LogP contribution in [0.1, 0.15) is 58.4 Å². The van der Waals surface area contributed by atoms with Crippen molar-refractivity contribution in [2.45, 2.75) is 62.3 Å². The Morgan fingerprint density at radius 1 is 0.773 bits per heavy atom. The van der Waals surface area contributed by atoms with Crippen molar-refractivity contribution in [3.63, 3.8) is 0 Å². The summed E-state index contributed by atoms with van der Waals surface area (Å²) in [6, 6.07) is 2.99. The summed E-state index contributed by atoms with van der Waals surface area (Å²) in [5.41, 5.74) is 4.39. The minimum atomic E-state index is -0.349. The summed E-state index contributed by atoms with van der Waals surface area (Å²) in [6.07, 6.45) is 1.19. The zero-order valence-electron chi connectivity index (χ0n) is 15.5. The average Bonchev–Trinajstić information content (AvgIpc) is 2.59. The molecule has 124 valence electrons. The lowest BCUT2D eigenvalue weighted by Gasteiger charge is -2.07. The van der Waals surface area contributed by atoms with Gasteiger partial charge in [0.2, 0.25) is 0 Å². The quantitative estimate of drug-likeness (QED) is 0.680. The lowest BCUT2D eigenvalue weighted by atomic mass is 10.1. The number of pyridine rings is 1. The van der Waals surface area contributed by atoms with Crippen LogP contribution in [-0.2, 0) is 0 Å². The van der Waals surface area contributed by atoms with E-state index in [9.17, 15) is 4.39 Å². The highest BCUT2D eigenvalue weighted by Gasteiger charge is 2.09. The first-order chi connectivity index (χ1) is 10.6. The van der Waals surface area contributed by atoms with Crippen LogP contribution in [0.5, 0.6) is 0 Å². The van der Waals surface area contributed by atoms with E-state index in [1.165, 1.54) is 12.3 Å². The second-order valence-corrected chi connectivity index (χ2v) is 3.75. The summed E-state index contributed by atoms with van der Waals surface area (Å²) < 4.78 is 12.7. The fourth-order valence-corrected chi connectivity index (χ4v) is 1.48. The maximum absolute atomic E-state index is 12.7. The van der Waals surface area contributed by atoms with Gasteiger partial charge in [-0.2, -0.15) is 5.10 Å². The molecule has 0 bridgehead atoms. The van der Waals surface area contributed by atoms with Gasteiger partial charge in [0, 0.05) is 0 Å². The van der Waals surface area contributed by atoms with Crippen molar-refractivity contribution in [3.05, 3.63) is 41.0 Å². The number of rotatable bonds is 1. The molecule has 0 N–H and O–H groups in total. The molecule has 0 aliphatic carbocycles. The molecule has 0 saturated heterocycles. The van der Waals surface area contributed by atoms with Gasteiger partial charge in [0.15, 0.2) is 0 Å². The summed E-state index contributed by atoms with van der Waals surface area (Å²) in [5.74, 6) is -0.349. The SMILES string of the molecule is CC.CC.CC.Cc1nnc(-c2ccc(F)cn2)c(C)c1C. The Hall–Kier alpha value is -1.84. The first-order valence-corrected chi connectivity index (χ1v) is 8.02. The summed E-state index contributed by atoms with van der Waals surface area (Å²) in [6.45, 7) is 17.9. The molecule has 2 aromatic heterocycles. The van der Waals surface area contributed by atoms with E-state index in [0.717, 1.165) is 16.8 Å². The number of halogens is 1. The number of nitrogens with zero attached hydrogens (tertiary/aromatic N) is 3. The van der Waals surface area contributed by atoms with Crippen LogP contribution in [0, 0.1) is 26.6 Å². The van der Waals surface area contributed by atoms with Crippen molar-refractivity contribution in [1.29, 1.82) is 0 Å².